The van der Waals surface area contributed by atoms with Crippen LogP contribution in [0, 0.1) is 0 Å². The molecule has 1 rings (SSSR count). The molecule has 1 aliphatic rings. The maximum Gasteiger partial charge on any atom is 0.114 e. The van der Waals surface area contributed by atoms with E-state index in [1.165, 1.54) is 24.8 Å². The Morgan fingerprint density at radius 1 is 1.42 bits per heavy atom. The van der Waals surface area contributed by atoms with Gasteiger partial charge in [0.05, 0.1) is 0 Å². The van der Waals surface area contributed by atoms with Crippen LogP contribution in [-0.4, -0.2) is 5.11 Å². The predicted molar refractivity (Wildman–Crippen MR) is 52.2 cm³/mol. The summed E-state index contributed by atoms with van der Waals surface area (Å²) in [7, 11) is 0. The molecule has 0 amide bonds. The maximum atomic E-state index is 9.46. The first-order chi connectivity index (χ1) is 5.84. The molecule has 0 aromatic carbocycles. The average molecular weight is 166 g/mol. The Labute approximate surface area is 74.8 Å². The number of unbranched alkanes of at least 4 members (excludes halogenated alkanes) is 2. The third-order valence-electron chi connectivity index (χ3n) is 2.33. The number of aliphatic hydroxyl groups is 1. The lowest BCUT2D eigenvalue weighted by Crippen LogP contribution is -1.94. The first-order valence-corrected chi connectivity index (χ1v) is 4.92. The second-order valence-corrected chi connectivity index (χ2v) is 3.39. The van der Waals surface area contributed by atoms with Crippen LogP contribution in [-0.2, 0) is 0 Å². The third kappa shape index (κ3) is 2.72. The molecule has 1 N–H and O–H groups in total. The molecule has 1 heteroatoms. The molecule has 1 nitrogen and oxygen atoms in total. The van der Waals surface area contributed by atoms with Crippen molar-refractivity contribution in [3.63, 3.8) is 0 Å². The minimum Gasteiger partial charge on any atom is -0.508 e. The summed E-state index contributed by atoms with van der Waals surface area (Å²) < 4.78 is 0. The van der Waals surface area contributed by atoms with E-state index in [2.05, 4.69) is 6.92 Å². The fourth-order valence-corrected chi connectivity index (χ4v) is 1.54. The van der Waals surface area contributed by atoms with Crippen LogP contribution in [0.5, 0.6) is 0 Å². The Balaban J connectivity index is 2.34. The van der Waals surface area contributed by atoms with Crippen molar-refractivity contribution in [1.29, 1.82) is 0 Å². The Morgan fingerprint density at radius 2 is 2.25 bits per heavy atom. The zero-order chi connectivity index (χ0) is 8.81. The van der Waals surface area contributed by atoms with Crippen molar-refractivity contribution >= 4 is 0 Å². The summed E-state index contributed by atoms with van der Waals surface area (Å²) in [5.41, 5.74) is 1.26. The van der Waals surface area contributed by atoms with Crippen LogP contribution in [0.2, 0.25) is 0 Å². The molecular weight excluding hydrogens is 148 g/mol. The number of hydrogen-bond acceptors (Lipinski definition) is 1. The van der Waals surface area contributed by atoms with Gasteiger partial charge in [-0.25, -0.2) is 0 Å². The number of hydrogen-bond donors (Lipinski definition) is 1. The van der Waals surface area contributed by atoms with Crippen LogP contribution >= 0.6 is 0 Å². The van der Waals surface area contributed by atoms with Crippen molar-refractivity contribution in [3.05, 3.63) is 23.5 Å². The molecule has 0 saturated carbocycles. The van der Waals surface area contributed by atoms with E-state index >= 15 is 0 Å². The Hall–Kier alpha value is -0.720. The highest BCUT2D eigenvalue weighted by atomic mass is 16.3. The SMILES string of the molecule is CCCCCC1=C(O)C=CCC1. The summed E-state index contributed by atoms with van der Waals surface area (Å²) >= 11 is 0. The molecule has 0 spiro atoms. The van der Waals surface area contributed by atoms with Gasteiger partial charge in [-0.2, -0.15) is 0 Å². The number of allylic oxidation sites excluding steroid dienone is 3. The Morgan fingerprint density at radius 3 is 2.92 bits per heavy atom. The predicted octanol–water partition coefficient (Wildman–Crippen LogP) is 3.73. The van der Waals surface area contributed by atoms with Crippen LogP contribution in [0.25, 0.3) is 0 Å². The highest BCUT2D eigenvalue weighted by molar-refractivity contribution is 5.23. The van der Waals surface area contributed by atoms with Crippen LogP contribution in [0.15, 0.2) is 23.5 Å². The molecule has 12 heavy (non-hydrogen) atoms. The van der Waals surface area contributed by atoms with Gasteiger partial charge in [-0.1, -0.05) is 25.8 Å². The van der Waals surface area contributed by atoms with Gasteiger partial charge in [0.15, 0.2) is 0 Å². The monoisotopic (exact) mass is 166 g/mol. The van der Waals surface area contributed by atoms with E-state index in [0.717, 1.165) is 19.3 Å². The van der Waals surface area contributed by atoms with Gasteiger partial charge in [0.2, 0.25) is 0 Å². The molecule has 68 valence electrons. The molecule has 0 bridgehead atoms. The van der Waals surface area contributed by atoms with Crippen LogP contribution in [0.3, 0.4) is 0 Å². The van der Waals surface area contributed by atoms with Crippen molar-refractivity contribution < 1.29 is 5.11 Å². The molecule has 0 aromatic rings. The highest BCUT2D eigenvalue weighted by Crippen LogP contribution is 2.22. The van der Waals surface area contributed by atoms with Crippen LogP contribution < -0.4 is 0 Å². The Kier molecular flexibility index (Phi) is 3.92. The van der Waals surface area contributed by atoms with E-state index in [0.29, 0.717) is 5.76 Å². The molecule has 0 saturated heterocycles. The van der Waals surface area contributed by atoms with E-state index in [1.807, 2.05) is 12.2 Å². The molecule has 0 aromatic heterocycles. The van der Waals surface area contributed by atoms with Crippen molar-refractivity contribution in [2.24, 2.45) is 0 Å². The van der Waals surface area contributed by atoms with Gasteiger partial charge in [0.25, 0.3) is 0 Å². The molecule has 0 heterocycles. The lowest BCUT2D eigenvalue weighted by Gasteiger charge is -2.10. The van der Waals surface area contributed by atoms with Gasteiger partial charge >= 0.3 is 0 Å². The van der Waals surface area contributed by atoms with Crippen LogP contribution in [0.4, 0.5) is 0 Å². The fourth-order valence-electron chi connectivity index (χ4n) is 1.54. The molecule has 1 aliphatic carbocycles. The van der Waals surface area contributed by atoms with Gasteiger partial charge in [0.1, 0.15) is 5.76 Å². The van der Waals surface area contributed by atoms with Gasteiger partial charge < -0.3 is 5.11 Å². The first-order valence-electron chi connectivity index (χ1n) is 4.92. The summed E-state index contributed by atoms with van der Waals surface area (Å²) in [6.45, 7) is 2.20. The molecule has 0 fully saturated rings. The smallest absolute Gasteiger partial charge is 0.114 e. The standard InChI is InChI=1S/C11H18O/c1-2-3-4-7-10-8-5-6-9-11(10)12/h6,9,12H,2-5,7-8H2,1H3. The average Bonchev–Trinajstić information content (AvgIpc) is 2.09. The number of rotatable bonds is 4. The van der Waals surface area contributed by atoms with Crippen molar-refractivity contribution in [1.82, 2.24) is 0 Å². The van der Waals surface area contributed by atoms with Gasteiger partial charge in [-0.3, -0.25) is 0 Å². The highest BCUT2D eigenvalue weighted by Gasteiger charge is 2.05. The summed E-state index contributed by atoms with van der Waals surface area (Å²) in [6.07, 6.45) is 10.9. The van der Waals surface area contributed by atoms with E-state index in [4.69, 9.17) is 0 Å². The van der Waals surface area contributed by atoms with Gasteiger partial charge in [-0.05, 0) is 37.3 Å². The third-order valence-corrected chi connectivity index (χ3v) is 2.33. The largest absolute Gasteiger partial charge is 0.508 e. The van der Waals surface area contributed by atoms with Crippen molar-refractivity contribution in [2.75, 3.05) is 0 Å². The summed E-state index contributed by atoms with van der Waals surface area (Å²) in [5, 5.41) is 9.46. The first kappa shape index (κ1) is 9.37. The second-order valence-electron chi connectivity index (χ2n) is 3.39. The van der Waals surface area contributed by atoms with E-state index in [1.54, 1.807) is 0 Å². The minimum absolute atomic E-state index is 0.525. The minimum atomic E-state index is 0.525. The van der Waals surface area contributed by atoms with Crippen LogP contribution in [0.1, 0.15) is 45.4 Å². The summed E-state index contributed by atoms with van der Waals surface area (Å²) in [4.78, 5) is 0. The lowest BCUT2D eigenvalue weighted by atomic mass is 9.98. The van der Waals surface area contributed by atoms with Crippen molar-refractivity contribution in [2.45, 2.75) is 45.4 Å². The van der Waals surface area contributed by atoms with Gasteiger partial charge in [0, 0.05) is 0 Å². The van der Waals surface area contributed by atoms with E-state index < -0.39 is 0 Å². The number of aliphatic hydroxyl groups excluding tert-OH is 1. The van der Waals surface area contributed by atoms with E-state index in [-0.39, 0.29) is 0 Å². The molecule has 0 atom stereocenters. The molecule has 0 radical (unpaired) electrons. The normalized spacial score (nSPS) is 17.1. The topological polar surface area (TPSA) is 20.2 Å². The molecular formula is C11H18O. The Bertz CT molecular complexity index is 189. The van der Waals surface area contributed by atoms with Crippen molar-refractivity contribution in [3.8, 4) is 0 Å². The zero-order valence-electron chi connectivity index (χ0n) is 7.84. The quantitative estimate of drug-likeness (QED) is 0.631. The zero-order valence-corrected chi connectivity index (χ0v) is 7.84. The summed E-state index contributed by atoms with van der Waals surface area (Å²) in [6, 6.07) is 0. The van der Waals surface area contributed by atoms with E-state index in [9.17, 15) is 5.11 Å². The maximum absolute atomic E-state index is 9.46. The lowest BCUT2D eigenvalue weighted by molar-refractivity contribution is 0.414. The fraction of sp³-hybridized carbons (Fsp3) is 0.636. The molecule has 0 unspecified atom stereocenters. The second kappa shape index (κ2) is 5.02. The van der Waals surface area contributed by atoms with Gasteiger partial charge in [-0.15, -0.1) is 0 Å². The summed E-state index contributed by atoms with van der Waals surface area (Å²) in [5.74, 6) is 0.525. The molecule has 0 aliphatic heterocycles.